The van der Waals surface area contributed by atoms with E-state index in [-0.39, 0.29) is 17.1 Å². The van der Waals surface area contributed by atoms with E-state index in [0.29, 0.717) is 23.8 Å². The second kappa shape index (κ2) is 4.30. The largest absolute Gasteiger partial charge is 0.326 e. The van der Waals surface area contributed by atoms with Gasteiger partial charge in [-0.1, -0.05) is 32.0 Å². The fraction of sp³-hybridized carbons (Fsp3) is 0.412. The summed E-state index contributed by atoms with van der Waals surface area (Å²) in [7, 11) is 0. The van der Waals surface area contributed by atoms with E-state index in [0.717, 1.165) is 11.3 Å². The first-order chi connectivity index (χ1) is 9.43. The first-order valence-electron chi connectivity index (χ1n) is 7.03. The molecule has 2 fully saturated rings. The van der Waals surface area contributed by atoms with Crippen molar-refractivity contribution in [3.05, 3.63) is 47.2 Å². The van der Waals surface area contributed by atoms with Gasteiger partial charge in [0.25, 0.3) is 5.91 Å². The van der Waals surface area contributed by atoms with Gasteiger partial charge in [-0.3, -0.25) is 9.59 Å². The second-order valence-corrected chi connectivity index (χ2v) is 6.39. The van der Waals surface area contributed by atoms with E-state index in [1.165, 1.54) is 0 Å². The summed E-state index contributed by atoms with van der Waals surface area (Å²) in [4.78, 5) is 24.2. The fourth-order valence-electron chi connectivity index (χ4n) is 3.52. The molecule has 2 saturated carbocycles. The third-order valence-corrected chi connectivity index (χ3v) is 4.81. The molecule has 2 aliphatic rings. The lowest BCUT2D eigenvalue weighted by atomic mass is 9.95. The van der Waals surface area contributed by atoms with Crippen molar-refractivity contribution in [2.75, 3.05) is 0 Å². The molecule has 1 amide bonds. The number of carbonyl (C=O) groups is 2. The third kappa shape index (κ3) is 1.89. The molecule has 0 saturated heterocycles. The van der Waals surface area contributed by atoms with Gasteiger partial charge in [-0.25, -0.2) is 0 Å². The van der Waals surface area contributed by atoms with E-state index >= 15 is 0 Å². The molecule has 0 radical (unpaired) electrons. The van der Waals surface area contributed by atoms with Gasteiger partial charge in [0.1, 0.15) is 0 Å². The minimum Gasteiger partial charge on any atom is -0.326 e. The summed E-state index contributed by atoms with van der Waals surface area (Å²) in [5.74, 6) is 0.843. The molecule has 0 aliphatic heterocycles. The molecule has 1 N–H and O–H groups in total. The molecule has 0 heterocycles. The van der Waals surface area contributed by atoms with Gasteiger partial charge in [0.05, 0.1) is 0 Å². The van der Waals surface area contributed by atoms with E-state index in [4.69, 9.17) is 0 Å². The highest BCUT2D eigenvalue weighted by molar-refractivity contribution is 6.03. The molecule has 3 rings (SSSR count). The van der Waals surface area contributed by atoms with Crippen LogP contribution in [0.25, 0.3) is 0 Å². The van der Waals surface area contributed by atoms with Crippen LogP contribution >= 0.6 is 0 Å². The van der Waals surface area contributed by atoms with Gasteiger partial charge in [-0.2, -0.15) is 0 Å². The summed E-state index contributed by atoms with van der Waals surface area (Å²) in [5.41, 5.74) is 2.39. The Morgan fingerprint density at radius 1 is 1.25 bits per heavy atom. The lowest BCUT2D eigenvalue weighted by Crippen LogP contribution is -2.24. The molecule has 0 bridgehead atoms. The first-order valence-corrected chi connectivity index (χ1v) is 7.03. The Bertz CT molecular complexity index is 613. The highest BCUT2D eigenvalue weighted by Crippen LogP contribution is 2.68. The average molecular weight is 269 g/mol. The maximum absolute atomic E-state index is 12.1. The zero-order valence-corrected chi connectivity index (χ0v) is 12.1. The van der Waals surface area contributed by atoms with Gasteiger partial charge < -0.3 is 5.32 Å². The Morgan fingerprint density at radius 2 is 1.90 bits per heavy atom. The Kier molecular flexibility index (Phi) is 2.82. The number of hydrogen-bond acceptors (Lipinski definition) is 2. The molecule has 3 heteroatoms. The summed E-state index contributed by atoms with van der Waals surface area (Å²) in [6.45, 7) is 6.23. The number of fused-ring (bicyclic) bond motifs is 1. The molecule has 0 aromatic heterocycles. The van der Waals surface area contributed by atoms with Crippen LogP contribution in [0.4, 0.5) is 0 Å². The number of carbonyl (C=O) groups excluding carboxylic acids is 2. The van der Waals surface area contributed by atoms with Gasteiger partial charge in [-0.05, 0) is 36.3 Å². The van der Waals surface area contributed by atoms with Crippen LogP contribution < -0.4 is 5.32 Å². The van der Waals surface area contributed by atoms with Crippen LogP contribution in [0.3, 0.4) is 0 Å². The Morgan fingerprint density at radius 3 is 2.50 bits per heavy atom. The molecule has 0 unspecified atom stereocenters. The Hall–Kier alpha value is -1.90. The molecular formula is C17H19NO2. The van der Waals surface area contributed by atoms with Crippen LogP contribution in [0.1, 0.15) is 37.6 Å². The quantitative estimate of drug-likeness (QED) is 0.839. The zero-order chi connectivity index (χ0) is 14.5. The molecule has 1 aromatic rings. The first kappa shape index (κ1) is 13.1. The van der Waals surface area contributed by atoms with Crippen molar-refractivity contribution < 1.29 is 9.59 Å². The number of nitrogens with one attached hydrogen (secondary N) is 1. The van der Waals surface area contributed by atoms with Crippen LogP contribution in [-0.2, 0) is 4.79 Å². The minimum absolute atomic E-state index is 0.148. The van der Waals surface area contributed by atoms with E-state index in [1.807, 2.05) is 25.1 Å². The number of allylic oxidation sites excluding steroid dienone is 2. The molecule has 2 aliphatic carbocycles. The number of benzene rings is 1. The van der Waals surface area contributed by atoms with Gasteiger partial charge in [0.2, 0.25) is 0 Å². The average Bonchev–Trinajstić information content (AvgIpc) is 2.78. The molecule has 3 nitrogen and oxygen atoms in total. The smallest absolute Gasteiger partial charge is 0.255 e. The summed E-state index contributed by atoms with van der Waals surface area (Å²) < 4.78 is 0. The SMILES string of the molecule is CC(NC(=O)c1ccccc1)=C1C(=O)C[C@H]2[C@H]1C2(C)C. The summed E-state index contributed by atoms with van der Waals surface area (Å²) in [6.07, 6.45) is 0.631. The highest BCUT2D eigenvalue weighted by Gasteiger charge is 2.65. The van der Waals surface area contributed by atoms with Crippen molar-refractivity contribution in [3.63, 3.8) is 0 Å². The third-order valence-electron chi connectivity index (χ3n) is 4.81. The standard InChI is InChI=1S/C17H19NO2/c1-10(18-16(20)11-7-5-4-6-8-11)14-13(19)9-12-15(14)17(12,2)3/h4-8,12,15H,9H2,1-3H3,(H,18,20)/t12-,15+/m0/s1. The molecule has 1 aromatic carbocycles. The molecule has 104 valence electrons. The van der Waals surface area contributed by atoms with Crippen LogP contribution in [0, 0.1) is 17.3 Å². The fourth-order valence-corrected chi connectivity index (χ4v) is 3.52. The molecular weight excluding hydrogens is 250 g/mol. The maximum Gasteiger partial charge on any atom is 0.255 e. The summed E-state index contributed by atoms with van der Waals surface area (Å²) in [6, 6.07) is 9.08. The summed E-state index contributed by atoms with van der Waals surface area (Å²) in [5, 5.41) is 2.88. The Balaban J connectivity index is 1.82. The predicted molar refractivity (Wildman–Crippen MR) is 77.0 cm³/mol. The lowest BCUT2D eigenvalue weighted by molar-refractivity contribution is -0.115. The van der Waals surface area contributed by atoms with Crippen LogP contribution in [0.15, 0.2) is 41.6 Å². The molecule has 2 atom stereocenters. The highest BCUT2D eigenvalue weighted by atomic mass is 16.1. The Labute approximate surface area is 119 Å². The van der Waals surface area contributed by atoms with Crippen LogP contribution in [0.2, 0.25) is 0 Å². The molecule has 0 spiro atoms. The second-order valence-electron chi connectivity index (χ2n) is 6.39. The van der Waals surface area contributed by atoms with Crippen molar-refractivity contribution >= 4 is 11.7 Å². The topological polar surface area (TPSA) is 46.2 Å². The van der Waals surface area contributed by atoms with Gasteiger partial charge in [0, 0.05) is 23.3 Å². The van der Waals surface area contributed by atoms with Crippen molar-refractivity contribution in [2.24, 2.45) is 17.3 Å². The number of hydrogen-bond donors (Lipinski definition) is 1. The van der Waals surface area contributed by atoms with E-state index in [9.17, 15) is 9.59 Å². The normalized spacial score (nSPS) is 28.9. The van der Waals surface area contributed by atoms with E-state index < -0.39 is 0 Å². The summed E-state index contributed by atoms with van der Waals surface area (Å²) >= 11 is 0. The lowest BCUT2D eigenvalue weighted by Gasteiger charge is -2.13. The minimum atomic E-state index is -0.148. The number of amides is 1. The zero-order valence-electron chi connectivity index (χ0n) is 12.1. The number of rotatable bonds is 2. The monoisotopic (exact) mass is 269 g/mol. The van der Waals surface area contributed by atoms with Crippen LogP contribution in [0.5, 0.6) is 0 Å². The maximum atomic E-state index is 12.1. The van der Waals surface area contributed by atoms with E-state index in [2.05, 4.69) is 19.2 Å². The van der Waals surface area contributed by atoms with E-state index in [1.54, 1.807) is 12.1 Å². The molecule has 20 heavy (non-hydrogen) atoms. The van der Waals surface area contributed by atoms with Crippen molar-refractivity contribution in [1.82, 2.24) is 5.32 Å². The van der Waals surface area contributed by atoms with Gasteiger partial charge >= 0.3 is 0 Å². The van der Waals surface area contributed by atoms with Crippen molar-refractivity contribution in [3.8, 4) is 0 Å². The number of ketones is 1. The van der Waals surface area contributed by atoms with Crippen molar-refractivity contribution in [1.29, 1.82) is 0 Å². The van der Waals surface area contributed by atoms with Gasteiger partial charge in [0.15, 0.2) is 5.78 Å². The van der Waals surface area contributed by atoms with Crippen LogP contribution in [-0.4, -0.2) is 11.7 Å². The van der Waals surface area contributed by atoms with Crippen molar-refractivity contribution in [2.45, 2.75) is 27.2 Å². The predicted octanol–water partition coefficient (Wildman–Crippen LogP) is 2.94. The van der Waals surface area contributed by atoms with Gasteiger partial charge in [-0.15, -0.1) is 0 Å². The number of Topliss-reactive ketones (excluding diaryl/α,β-unsaturated/α-hetero) is 1.